The molecule has 0 aliphatic rings. The zero-order valence-corrected chi connectivity index (χ0v) is 8.62. The fourth-order valence-corrected chi connectivity index (χ4v) is 1.10. The van der Waals surface area contributed by atoms with Crippen LogP contribution in [0.15, 0.2) is 6.07 Å². The average Bonchev–Trinajstić information content (AvgIpc) is 2.23. The van der Waals surface area contributed by atoms with E-state index in [1.807, 2.05) is 13.0 Å². The summed E-state index contributed by atoms with van der Waals surface area (Å²) in [6.07, 6.45) is 6.72. The van der Waals surface area contributed by atoms with E-state index in [-0.39, 0.29) is 0 Å². The van der Waals surface area contributed by atoms with Crippen molar-refractivity contribution in [3.8, 4) is 18.4 Å². The topological polar surface area (TPSA) is 61.6 Å². The van der Waals surface area contributed by atoms with E-state index in [0.717, 1.165) is 25.1 Å². The highest BCUT2D eigenvalue weighted by Gasteiger charge is 2.00. The molecule has 4 nitrogen and oxygen atoms in total. The average molecular weight is 200 g/mol. The van der Waals surface area contributed by atoms with Crippen LogP contribution >= 0.6 is 0 Å². The number of nitrogens with zero attached hydrogens (tertiary/aromatic N) is 3. The van der Waals surface area contributed by atoms with Crippen molar-refractivity contribution in [2.75, 3.05) is 11.9 Å². The molecule has 1 aromatic heterocycles. The number of nitriles is 1. The smallest absolute Gasteiger partial charge is 0.224 e. The Morgan fingerprint density at radius 1 is 1.53 bits per heavy atom. The van der Waals surface area contributed by atoms with Gasteiger partial charge in [0, 0.05) is 18.7 Å². The summed E-state index contributed by atoms with van der Waals surface area (Å²) in [6.45, 7) is 2.55. The Morgan fingerprint density at radius 3 is 3.00 bits per heavy atom. The third kappa shape index (κ3) is 3.66. The van der Waals surface area contributed by atoms with Crippen LogP contribution in [0, 0.1) is 30.6 Å². The van der Waals surface area contributed by atoms with Gasteiger partial charge < -0.3 is 5.32 Å². The Labute approximate surface area is 89.4 Å². The van der Waals surface area contributed by atoms with Gasteiger partial charge in [0.05, 0.1) is 0 Å². The van der Waals surface area contributed by atoms with Crippen molar-refractivity contribution in [1.82, 2.24) is 9.97 Å². The van der Waals surface area contributed by atoms with E-state index in [1.165, 1.54) is 0 Å². The second-order valence-electron chi connectivity index (χ2n) is 3.06. The predicted octanol–water partition coefficient (Wildman–Crippen LogP) is 1.48. The minimum absolute atomic E-state index is 0.377. The van der Waals surface area contributed by atoms with Crippen molar-refractivity contribution in [1.29, 1.82) is 5.26 Å². The minimum Gasteiger partial charge on any atom is -0.354 e. The SMILES string of the molecule is C#CCCCNc1nc(C)cc(C#N)n1. The van der Waals surface area contributed by atoms with E-state index in [2.05, 4.69) is 21.2 Å². The fraction of sp³-hybridized carbons (Fsp3) is 0.364. The van der Waals surface area contributed by atoms with Crippen LogP contribution < -0.4 is 5.32 Å². The van der Waals surface area contributed by atoms with Crippen LogP contribution in [0.5, 0.6) is 0 Å². The lowest BCUT2D eigenvalue weighted by Gasteiger charge is -2.04. The molecule has 76 valence electrons. The molecular formula is C11H12N4. The monoisotopic (exact) mass is 200 g/mol. The molecule has 0 unspecified atom stereocenters. The van der Waals surface area contributed by atoms with Crippen molar-refractivity contribution in [2.24, 2.45) is 0 Å². The van der Waals surface area contributed by atoms with Gasteiger partial charge in [0.1, 0.15) is 11.8 Å². The maximum absolute atomic E-state index is 8.70. The summed E-state index contributed by atoms with van der Waals surface area (Å²) >= 11 is 0. The van der Waals surface area contributed by atoms with Crippen molar-refractivity contribution < 1.29 is 0 Å². The molecular weight excluding hydrogens is 188 g/mol. The maximum atomic E-state index is 8.70. The third-order valence-electron chi connectivity index (χ3n) is 1.75. The summed E-state index contributed by atoms with van der Waals surface area (Å²) in [7, 11) is 0. The van der Waals surface area contributed by atoms with E-state index in [9.17, 15) is 0 Å². The molecule has 0 saturated carbocycles. The first kappa shape index (κ1) is 11.0. The van der Waals surface area contributed by atoms with Crippen LogP contribution in [0.25, 0.3) is 0 Å². The summed E-state index contributed by atoms with van der Waals surface area (Å²) in [5.41, 5.74) is 1.16. The summed E-state index contributed by atoms with van der Waals surface area (Å²) < 4.78 is 0. The van der Waals surface area contributed by atoms with Crippen LogP contribution in [-0.2, 0) is 0 Å². The first-order chi connectivity index (χ1) is 7.26. The van der Waals surface area contributed by atoms with Crippen molar-refractivity contribution in [3.05, 3.63) is 17.5 Å². The molecule has 4 heteroatoms. The lowest BCUT2D eigenvalue weighted by Crippen LogP contribution is -2.06. The lowest BCUT2D eigenvalue weighted by atomic mass is 10.3. The Hall–Kier alpha value is -2.07. The zero-order valence-electron chi connectivity index (χ0n) is 8.62. The number of aromatic nitrogens is 2. The first-order valence-corrected chi connectivity index (χ1v) is 4.69. The van der Waals surface area contributed by atoms with Crippen molar-refractivity contribution in [2.45, 2.75) is 19.8 Å². The molecule has 1 aromatic rings. The number of rotatable bonds is 4. The van der Waals surface area contributed by atoms with E-state index in [1.54, 1.807) is 6.07 Å². The number of aryl methyl sites for hydroxylation is 1. The molecule has 1 heterocycles. The number of unbranched alkanes of at least 4 members (excludes halogenated alkanes) is 1. The predicted molar refractivity (Wildman–Crippen MR) is 58.0 cm³/mol. The fourth-order valence-electron chi connectivity index (χ4n) is 1.10. The molecule has 0 amide bonds. The molecule has 0 radical (unpaired) electrons. The Kier molecular flexibility index (Phi) is 4.12. The van der Waals surface area contributed by atoms with Crippen LogP contribution in [0.4, 0.5) is 5.95 Å². The van der Waals surface area contributed by atoms with Gasteiger partial charge >= 0.3 is 0 Å². The number of anilines is 1. The van der Waals surface area contributed by atoms with E-state index in [0.29, 0.717) is 11.6 Å². The van der Waals surface area contributed by atoms with Crippen molar-refractivity contribution in [3.63, 3.8) is 0 Å². The van der Waals surface area contributed by atoms with E-state index < -0.39 is 0 Å². The van der Waals surface area contributed by atoms with Gasteiger partial charge in [0.2, 0.25) is 5.95 Å². The van der Waals surface area contributed by atoms with Crippen LogP contribution in [0.2, 0.25) is 0 Å². The molecule has 0 aromatic carbocycles. The van der Waals surface area contributed by atoms with Gasteiger partial charge in [-0.25, -0.2) is 9.97 Å². The quantitative estimate of drug-likeness (QED) is 0.590. The molecule has 0 fully saturated rings. The zero-order chi connectivity index (χ0) is 11.1. The lowest BCUT2D eigenvalue weighted by molar-refractivity contribution is 0.888. The summed E-state index contributed by atoms with van der Waals surface area (Å²) in [4.78, 5) is 8.17. The standard InChI is InChI=1S/C11H12N4/c1-3-4-5-6-13-11-14-9(2)7-10(8-12)15-11/h1,7H,4-6H2,2H3,(H,13,14,15). The Bertz CT molecular complexity index is 412. The number of hydrogen-bond donors (Lipinski definition) is 1. The van der Waals surface area contributed by atoms with Gasteiger partial charge in [0.25, 0.3) is 0 Å². The summed E-state index contributed by atoms with van der Waals surface area (Å²) in [5, 5.41) is 11.7. The minimum atomic E-state index is 0.377. The highest BCUT2D eigenvalue weighted by atomic mass is 15.1. The second kappa shape index (κ2) is 5.62. The van der Waals surface area contributed by atoms with Crippen LogP contribution in [0.3, 0.4) is 0 Å². The van der Waals surface area contributed by atoms with Gasteiger partial charge in [-0.3, -0.25) is 0 Å². The maximum Gasteiger partial charge on any atom is 0.224 e. The summed E-state index contributed by atoms with van der Waals surface area (Å²) in [6, 6.07) is 3.63. The third-order valence-corrected chi connectivity index (χ3v) is 1.75. The van der Waals surface area contributed by atoms with Crippen LogP contribution in [-0.4, -0.2) is 16.5 Å². The molecule has 1 N–H and O–H groups in total. The molecule has 0 saturated heterocycles. The molecule has 15 heavy (non-hydrogen) atoms. The molecule has 0 atom stereocenters. The van der Waals surface area contributed by atoms with Gasteiger partial charge in [-0.05, 0) is 19.4 Å². The molecule has 0 spiro atoms. The second-order valence-corrected chi connectivity index (χ2v) is 3.06. The largest absolute Gasteiger partial charge is 0.354 e. The van der Waals surface area contributed by atoms with Crippen molar-refractivity contribution >= 4 is 5.95 Å². The Balaban J connectivity index is 2.58. The van der Waals surface area contributed by atoms with Gasteiger partial charge in [0.15, 0.2) is 0 Å². The number of hydrogen-bond acceptors (Lipinski definition) is 4. The van der Waals surface area contributed by atoms with Crippen LogP contribution in [0.1, 0.15) is 24.2 Å². The van der Waals surface area contributed by atoms with Gasteiger partial charge in [-0.15, -0.1) is 12.3 Å². The van der Waals surface area contributed by atoms with Gasteiger partial charge in [-0.2, -0.15) is 5.26 Å². The van der Waals surface area contributed by atoms with E-state index >= 15 is 0 Å². The molecule has 0 aliphatic heterocycles. The number of terminal acetylenes is 1. The highest BCUT2D eigenvalue weighted by Crippen LogP contribution is 2.03. The van der Waals surface area contributed by atoms with Gasteiger partial charge in [-0.1, -0.05) is 0 Å². The molecule has 0 aliphatic carbocycles. The summed E-state index contributed by atoms with van der Waals surface area (Å²) in [5.74, 6) is 3.04. The number of nitrogens with one attached hydrogen (secondary N) is 1. The highest BCUT2D eigenvalue weighted by molar-refractivity contribution is 5.32. The normalized spacial score (nSPS) is 9.00. The molecule has 1 rings (SSSR count). The molecule has 0 bridgehead atoms. The first-order valence-electron chi connectivity index (χ1n) is 4.69. The Morgan fingerprint density at radius 2 is 2.33 bits per heavy atom. The van der Waals surface area contributed by atoms with E-state index in [4.69, 9.17) is 11.7 Å².